The van der Waals surface area contributed by atoms with Crippen LogP contribution in [0.25, 0.3) is 0 Å². The Labute approximate surface area is 164 Å². The second kappa shape index (κ2) is 7.33. The molecule has 0 aromatic carbocycles. The number of alkyl halides is 3. The van der Waals surface area contributed by atoms with Crippen molar-refractivity contribution < 1.29 is 13.2 Å². The molecule has 1 saturated carbocycles. The standard InChI is InChI=1S/C17H20F3N9/c1-3-21-15-13(17(18,19)20)8-22-16(27-15)26-14-9-25-28(10(14)2)11-6-12(7-11)29-23-4-5-24-29/h4-5,8-9,11-12H,3,6-7H2,1-2H3,(H2,21,22,26,27)/t11-,12-. The largest absolute Gasteiger partial charge is 0.421 e. The summed E-state index contributed by atoms with van der Waals surface area (Å²) < 4.78 is 41.2. The first-order valence-corrected chi connectivity index (χ1v) is 9.21. The van der Waals surface area contributed by atoms with Crippen LogP contribution in [0.5, 0.6) is 0 Å². The Morgan fingerprint density at radius 1 is 1.10 bits per heavy atom. The number of nitrogens with one attached hydrogen (secondary N) is 2. The molecule has 0 radical (unpaired) electrons. The highest BCUT2D eigenvalue weighted by Crippen LogP contribution is 2.41. The Balaban J connectivity index is 1.49. The van der Waals surface area contributed by atoms with E-state index >= 15 is 0 Å². The van der Waals surface area contributed by atoms with Crippen LogP contribution in [0, 0.1) is 6.92 Å². The number of hydrogen-bond acceptors (Lipinski definition) is 7. The predicted molar refractivity (Wildman–Crippen MR) is 98.8 cm³/mol. The quantitative estimate of drug-likeness (QED) is 0.647. The summed E-state index contributed by atoms with van der Waals surface area (Å²) in [5.74, 6) is -0.181. The van der Waals surface area contributed by atoms with Gasteiger partial charge in [-0.25, -0.2) is 4.98 Å². The van der Waals surface area contributed by atoms with Gasteiger partial charge in [0.2, 0.25) is 5.95 Å². The van der Waals surface area contributed by atoms with E-state index in [-0.39, 0.29) is 23.8 Å². The van der Waals surface area contributed by atoms with Gasteiger partial charge in [-0.15, -0.1) is 0 Å². The molecule has 2 N–H and O–H groups in total. The van der Waals surface area contributed by atoms with Gasteiger partial charge < -0.3 is 10.6 Å². The summed E-state index contributed by atoms with van der Waals surface area (Å²) in [5, 5.41) is 18.3. The van der Waals surface area contributed by atoms with Crippen LogP contribution in [0.15, 0.2) is 24.8 Å². The average Bonchev–Trinajstić information content (AvgIpc) is 3.26. The van der Waals surface area contributed by atoms with E-state index in [1.54, 1.807) is 30.3 Å². The maximum atomic E-state index is 13.1. The van der Waals surface area contributed by atoms with E-state index in [1.165, 1.54) is 0 Å². The molecule has 0 saturated heterocycles. The van der Waals surface area contributed by atoms with E-state index in [0.29, 0.717) is 12.2 Å². The van der Waals surface area contributed by atoms with Crippen LogP contribution in [0.1, 0.15) is 43.1 Å². The monoisotopic (exact) mass is 407 g/mol. The molecule has 3 aromatic rings. The topological polar surface area (TPSA) is 98.4 Å². The van der Waals surface area contributed by atoms with Gasteiger partial charge in [0, 0.05) is 12.7 Å². The Morgan fingerprint density at radius 3 is 2.48 bits per heavy atom. The molecule has 1 aliphatic rings. The first kappa shape index (κ1) is 19.2. The summed E-state index contributed by atoms with van der Waals surface area (Å²) in [5.41, 5.74) is 0.605. The number of halogens is 3. The highest BCUT2D eigenvalue weighted by Gasteiger charge is 2.36. The SMILES string of the molecule is CCNc1nc(Nc2cnn([C@H]3C[C@H](n4nccn4)C3)c2C)ncc1C(F)(F)F. The van der Waals surface area contributed by atoms with Crippen molar-refractivity contribution in [1.29, 1.82) is 0 Å². The molecule has 0 amide bonds. The zero-order chi connectivity index (χ0) is 20.6. The van der Waals surface area contributed by atoms with Crippen LogP contribution in [0.2, 0.25) is 0 Å². The molecule has 12 heteroatoms. The molecule has 3 heterocycles. The predicted octanol–water partition coefficient (Wildman–Crippen LogP) is 3.34. The average molecular weight is 407 g/mol. The van der Waals surface area contributed by atoms with Gasteiger partial charge in [-0.1, -0.05) is 0 Å². The lowest BCUT2D eigenvalue weighted by Crippen LogP contribution is -2.31. The van der Waals surface area contributed by atoms with Crippen molar-refractivity contribution in [3.63, 3.8) is 0 Å². The molecule has 29 heavy (non-hydrogen) atoms. The summed E-state index contributed by atoms with van der Waals surface area (Å²) in [7, 11) is 0. The molecular formula is C17H20F3N9. The Bertz CT molecular complexity index is 975. The highest BCUT2D eigenvalue weighted by atomic mass is 19.4. The van der Waals surface area contributed by atoms with Gasteiger partial charge in [-0.2, -0.15) is 38.2 Å². The Kier molecular flexibility index (Phi) is 4.84. The van der Waals surface area contributed by atoms with E-state index in [9.17, 15) is 13.2 Å². The highest BCUT2D eigenvalue weighted by molar-refractivity contribution is 5.58. The lowest BCUT2D eigenvalue weighted by molar-refractivity contribution is -0.137. The smallest absolute Gasteiger partial charge is 0.370 e. The molecule has 154 valence electrons. The normalized spacial score (nSPS) is 19.1. The van der Waals surface area contributed by atoms with Crippen LogP contribution in [-0.2, 0) is 6.18 Å². The third kappa shape index (κ3) is 3.74. The number of hydrogen-bond donors (Lipinski definition) is 2. The Morgan fingerprint density at radius 2 is 1.83 bits per heavy atom. The second-order valence-corrected chi connectivity index (χ2v) is 6.83. The van der Waals surface area contributed by atoms with Crippen molar-refractivity contribution in [2.24, 2.45) is 0 Å². The molecule has 3 aromatic heterocycles. The molecule has 0 bridgehead atoms. The van der Waals surface area contributed by atoms with E-state index in [2.05, 4.69) is 35.9 Å². The third-order valence-corrected chi connectivity index (χ3v) is 4.93. The molecule has 4 rings (SSSR count). The van der Waals surface area contributed by atoms with Gasteiger partial charge in [0.1, 0.15) is 11.4 Å². The van der Waals surface area contributed by atoms with Gasteiger partial charge in [0.15, 0.2) is 0 Å². The van der Waals surface area contributed by atoms with Crippen LogP contribution >= 0.6 is 0 Å². The maximum Gasteiger partial charge on any atom is 0.421 e. The fourth-order valence-corrected chi connectivity index (χ4v) is 3.35. The first-order valence-electron chi connectivity index (χ1n) is 9.21. The van der Waals surface area contributed by atoms with Crippen molar-refractivity contribution in [3.05, 3.63) is 36.0 Å². The number of anilines is 3. The minimum Gasteiger partial charge on any atom is -0.370 e. The van der Waals surface area contributed by atoms with Crippen molar-refractivity contribution in [2.45, 2.75) is 44.9 Å². The van der Waals surface area contributed by atoms with Crippen molar-refractivity contribution in [3.8, 4) is 0 Å². The van der Waals surface area contributed by atoms with Gasteiger partial charge in [0.25, 0.3) is 0 Å². The first-order chi connectivity index (χ1) is 13.9. The minimum absolute atomic E-state index is 0.0730. The van der Waals surface area contributed by atoms with E-state index < -0.39 is 11.7 Å². The van der Waals surface area contributed by atoms with Crippen molar-refractivity contribution >= 4 is 17.5 Å². The molecule has 0 spiro atoms. The zero-order valence-corrected chi connectivity index (χ0v) is 15.8. The number of nitrogens with zero attached hydrogens (tertiary/aromatic N) is 7. The van der Waals surface area contributed by atoms with E-state index in [4.69, 9.17) is 0 Å². The summed E-state index contributed by atoms with van der Waals surface area (Å²) in [6.07, 6.45) is 2.90. The number of aromatic nitrogens is 7. The van der Waals surface area contributed by atoms with Crippen LogP contribution in [0.4, 0.5) is 30.6 Å². The van der Waals surface area contributed by atoms with Gasteiger partial charge in [-0.05, 0) is 26.7 Å². The van der Waals surface area contributed by atoms with Crippen LogP contribution < -0.4 is 10.6 Å². The molecule has 0 unspecified atom stereocenters. The Hall–Kier alpha value is -3.18. The van der Waals surface area contributed by atoms with Gasteiger partial charge >= 0.3 is 6.18 Å². The second-order valence-electron chi connectivity index (χ2n) is 6.83. The summed E-state index contributed by atoms with van der Waals surface area (Å²) in [4.78, 5) is 9.51. The maximum absolute atomic E-state index is 13.1. The molecule has 1 aliphatic carbocycles. The minimum atomic E-state index is -4.53. The number of rotatable bonds is 6. The van der Waals surface area contributed by atoms with E-state index in [1.807, 2.05) is 11.6 Å². The lowest BCUT2D eigenvalue weighted by Gasteiger charge is -2.35. The lowest BCUT2D eigenvalue weighted by atomic mass is 9.87. The molecule has 0 aliphatic heterocycles. The van der Waals surface area contributed by atoms with Crippen molar-refractivity contribution in [2.75, 3.05) is 17.2 Å². The molecule has 1 fully saturated rings. The van der Waals surface area contributed by atoms with Gasteiger partial charge in [0.05, 0.1) is 42.1 Å². The fraction of sp³-hybridized carbons (Fsp3) is 0.471. The van der Waals surface area contributed by atoms with Crippen molar-refractivity contribution in [1.82, 2.24) is 34.7 Å². The van der Waals surface area contributed by atoms with E-state index in [0.717, 1.165) is 24.7 Å². The molecule has 0 atom stereocenters. The van der Waals surface area contributed by atoms with Gasteiger partial charge in [-0.3, -0.25) is 4.68 Å². The third-order valence-electron chi connectivity index (χ3n) is 4.93. The zero-order valence-electron chi connectivity index (χ0n) is 15.8. The molecule has 9 nitrogen and oxygen atoms in total. The van der Waals surface area contributed by atoms with Crippen LogP contribution in [0.3, 0.4) is 0 Å². The fourth-order valence-electron chi connectivity index (χ4n) is 3.35. The molecular weight excluding hydrogens is 387 g/mol. The van der Waals surface area contributed by atoms with Crippen LogP contribution in [-0.4, -0.2) is 41.3 Å². The summed E-state index contributed by atoms with van der Waals surface area (Å²) in [6.45, 7) is 3.91. The summed E-state index contributed by atoms with van der Waals surface area (Å²) >= 11 is 0. The summed E-state index contributed by atoms with van der Waals surface area (Å²) in [6, 6.07) is 0.461.